The SMILES string of the molecule is Cc1noc(CNc2nc(Cl)ncc2Br)n1. The first kappa shape index (κ1) is 11.3. The number of aromatic nitrogens is 4. The Hall–Kier alpha value is -1.21. The first-order valence-electron chi connectivity index (χ1n) is 4.36. The number of halogens is 2. The van der Waals surface area contributed by atoms with Crippen molar-refractivity contribution in [1.29, 1.82) is 0 Å². The van der Waals surface area contributed by atoms with Gasteiger partial charge in [0.15, 0.2) is 5.82 Å². The van der Waals surface area contributed by atoms with E-state index in [9.17, 15) is 0 Å². The summed E-state index contributed by atoms with van der Waals surface area (Å²) in [5.41, 5.74) is 0. The highest BCUT2D eigenvalue weighted by Gasteiger charge is 2.06. The molecule has 0 aliphatic heterocycles. The molecule has 6 nitrogen and oxygen atoms in total. The van der Waals surface area contributed by atoms with Crippen molar-refractivity contribution < 1.29 is 4.52 Å². The monoisotopic (exact) mass is 303 g/mol. The van der Waals surface area contributed by atoms with E-state index in [0.29, 0.717) is 28.6 Å². The van der Waals surface area contributed by atoms with Gasteiger partial charge in [0.25, 0.3) is 0 Å². The fourth-order valence-electron chi connectivity index (χ4n) is 1.04. The molecule has 2 rings (SSSR count). The van der Waals surface area contributed by atoms with Crippen molar-refractivity contribution in [3.63, 3.8) is 0 Å². The van der Waals surface area contributed by atoms with Crippen LogP contribution < -0.4 is 5.32 Å². The van der Waals surface area contributed by atoms with Crippen molar-refractivity contribution in [2.75, 3.05) is 5.32 Å². The highest BCUT2D eigenvalue weighted by Crippen LogP contribution is 2.20. The highest BCUT2D eigenvalue weighted by molar-refractivity contribution is 9.10. The highest BCUT2D eigenvalue weighted by atomic mass is 79.9. The van der Waals surface area contributed by atoms with Crippen molar-refractivity contribution in [2.24, 2.45) is 0 Å². The van der Waals surface area contributed by atoms with Crippen LogP contribution in [-0.2, 0) is 6.54 Å². The van der Waals surface area contributed by atoms with Crippen molar-refractivity contribution in [3.05, 3.63) is 27.7 Å². The fraction of sp³-hybridized carbons (Fsp3) is 0.250. The van der Waals surface area contributed by atoms with Gasteiger partial charge in [0.2, 0.25) is 11.2 Å². The van der Waals surface area contributed by atoms with Gasteiger partial charge in [-0.05, 0) is 34.5 Å². The van der Waals surface area contributed by atoms with Gasteiger partial charge in [-0.25, -0.2) is 4.98 Å². The predicted molar refractivity (Wildman–Crippen MR) is 61.1 cm³/mol. The smallest absolute Gasteiger partial charge is 0.245 e. The van der Waals surface area contributed by atoms with Gasteiger partial charge in [-0.1, -0.05) is 5.16 Å². The van der Waals surface area contributed by atoms with Crippen LogP contribution in [-0.4, -0.2) is 20.1 Å². The summed E-state index contributed by atoms with van der Waals surface area (Å²) >= 11 is 8.96. The van der Waals surface area contributed by atoms with E-state index in [1.807, 2.05) is 0 Å². The van der Waals surface area contributed by atoms with Gasteiger partial charge in [-0.3, -0.25) is 0 Å². The van der Waals surface area contributed by atoms with Crippen LogP contribution in [0.25, 0.3) is 0 Å². The van der Waals surface area contributed by atoms with Crippen LogP contribution >= 0.6 is 27.5 Å². The van der Waals surface area contributed by atoms with Crippen molar-refractivity contribution in [3.8, 4) is 0 Å². The Labute approximate surface area is 105 Å². The Morgan fingerprint density at radius 1 is 1.50 bits per heavy atom. The van der Waals surface area contributed by atoms with Gasteiger partial charge >= 0.3 is 0 Å². The maximum absolute atomic E-state index is 5.67. The molecule has 0 spiro atoms. The van der Waals surface area contributed by atoms with Crippen molar-refractivity contribution >= 4 is 33.3 Å². The largest absolute Gasteiger partial charge is 0.360 e. The molecule has 16 heavy (non-hydrogen) atoms. The molecule has 0 saturated carbocycles. The number of hydrogen-bond donors (Lipinski definition) is 1. The van der Waals surface area contributed by atoms with Crippen molar-refractivity contribution in [1.82, 2.24) is 20.1 Å². The number of hydrogen-bond acceptors (Lipinski definition) is 6. The van der Waals surface area contributed by atoms with E-state index in [4.69, 9.17) is 16.1 Å². The fourth-order valence-corrected chi connectivity index (χ4v) is 1.51. The van der Waals surface area contributed by atoms with Crippen LogP contribution in [0.5, 0.6) is 0 Å². The summed E-state index contributed by atoms with van der Waals surface area (Å²) in [6.45, 7) is 2.14. The van der Waals surface area contributed by atoms with Gasteiger partial charge < -0.3 is 9.84 Å². The van der Waals surface area contributed by atoms with Gasteiger partial charge in [-0.2, -0.15) is 9.97 Å². The van der Waals surface area contributed by atoms with E-state index in [0.717, 1.165) is 0 Å². The lowest BCUT2D eigenvalue weighted by Crippen LogP contribution is -2.03. The standard InChI is InChI=1S/C8H7BrClN5O/c1-4-13-6(16-15-4)3-11-7-5(9)2-12-8(10)14-7/h2H,3H2,1H3,(H,11,12,14). The summed E-state index contributed by atoms with van der Waals surface area (Å²) in [5.74, 6) is 1.66. The van der Waals surface area contributed by atoms with E-state index < -0.39 is 0 Å². The number of rotatable bonds is 3. The molecule has 0 bridgehead atoms. The minimum atomic E-state index is 0.174. The van der Waals surface area contributed by atoms with E-state index in [2.05, 4.69) is 41.4 Å². The molecule has 0 unspecified atom stereocenters. The maximum Gasteiger partial charge on any atom is 0.245 e. The van der Waals surface area contributed by atoms with Crippen LogP contribution in [0, 0.1) is 6.92 Å². The van der Waals surface area contributed by atoms with Crippen LogP contribution in [0.3, 0.4) is 0 Å². The van der Waals surface area contributed by atoms with E-state index in [1.54, 1.807) is 13.1 Å². The van der Waals surface area contributed by atoms with Crippen LogP contribution in [0.4, 0.5) is 5.82 Å². The molecule has 0 atom stereocenters. The minimum absolute atomic E-state index is 0.174. The molecule has 0 radical (unpaired) electrons. The third-order valence-electron chi connectivity index (χ3n) is 1.69. The Kier molecular flexibility index (Phi) is 3.35. The van der Waals surface area contributed by atoms with Gasteiger partial charge in [-0.15, -0.1) is 0 Å². The van der Waals surface area contributed by atoms with Crippen LogP contribution in [0.2, 0.25) is 5.28 Å². The Bertz CT molecular complexity index is 503. The number of nitrogens with one attached hydrogen (secondary N) is 1. The summed E-state index contributed by atoms with van der Waals surface area (Å²) in [6, 6.07) is 0. The summed E-state index contributed by atoms with van der Waals surface area (Å²) in [5, 5.41) is 6.85. The molecule has 0 fully saturated rings. The topological polar surface area (TPSA) is 76.7 Å². The average Bonchev–Trinajstić information content (AvgIpc) is 2.66. The molecule has 2 aromatic heterocycles. The maximum atomic E-state index is 5.67. The lowest BCUT2D eigenvalue weighted by molar-refractivity contribution is 0.379. The lowest BCUT2D eigenvalue weighted by atomic mass is 10.5. The average molecular weight is 305 g/mol. The van der Waals surface area contributed by atoms with E-state index in [1.165, 1.54) is 0 Å². The predicted octanol–water partition coefficient (Wildman–Crippen LogP) is 2.20. The zero-order valence-corrected chi connectivity index (χ0v) is 10.6. The molecule has 0 amide bonds. The second kappa shape index (κ2) is 4.75. The quantitative estimate of drug-likeness (QED) is 0.876. The third-order valence-corrected chi connectivity index (χ3v) is 2.45. The zero-order valence-electron chi connectivity index (χ0n) is 8.24. The second-order valence-corrected chi connectivity index (χ2v) is 4.12. The Morgan fingerprint density at radius 2 is 2.31 bits per heavy atom. The molecular formula is C8H7BrClN5O. The number of anilines is 1. The molecule has 0 saturated heterocycles. The summed E-state index contributed by atoms with van der Waals surface area (Å²) in [7, 11) is 0. The molecule has 1 N–H and O–H groups in total. The number of nitrogens with zero attached hydrogens (tertiary/aromatic N) is 4. The first-order chi connectivity index (χ1) is 7.65. The molecular weight excluding hydrogens is 297 g/mol. The number of aryl methyl sites for hydroxylation is 1. The van der Waals surface area contributed by atoms with Gasteiger partial charge in [0, 0.05) is 6.20 Å². The lowest BCUT2D eigenvalue weighted by Gasteiger charge is -2.04. The van der Waals surface area contributed by atoms with Crippen LogP contribution in [0.1, 0.15) is 11.7 Å². The van der Waals surface area contributed by atoms with Gasteiger partial charge in [0.05, 0.1) is 11.0 Å². The molecule has 2 heterocycles. The second-order valence-electron chi connectivity index (χ2n) is 2.92. The molecule has 0 aromatic carbocycles. The summed E-state index contributed by atoms with van der Waals surface area (Å²) in [4.78, 5) is 11.9. The molecule has 0 aliphatic rings. The molecule has 84 valence electrons. The molecule has 8 heteroatoms. The molecule has 2 aromatic rings. The third kappa shape index (κ3) is 2.67. The first-order valence-corrected chi connectivity index (χ1v) is 5.53. The van der Waals surface area contributed by atoms with E-state index in [-0.39, 0.29) is 5.28 Å². The summed E-state index contributed by atoms with van der Waals surface area (Å²) < 4.78 is 5.66. The van der Waals surface area contributed by atoms with Crippen molar-refractivity contribution in [2.45, 2.75) is 13.5 Å². The Balaban J connectivity index is 2.07. The van der Waals surface area contributed by atoms with Crippen LogP contribution in [0.15, 0.2) is 15.2 Å². The van der Waals surface area contributed by atoms with Gasteiger partial charge in [0.1, 0.15) is 5.82 Å². The summed E-state index contributed by atoms with van der Waals surface area (Å²) in [6.07, 6.45) is 1.57. The normalized spacial score (nSPS) is 10.4. The molecule has 0 aliphatic carbocycles. The van der Waals surface area contributed by atoms with E-state index >= 15 is 0 Å². The zero-order chi connectivity index (χ0) is 11.5. The minimum Gasteiger partial charge on any atom is -0.360 e. The Morgan fingerprint density at radius 3 is 3.00 bits per heavy atom.